The number of rotatable bonds is 9. The number of hydrogen-bond acceptors (Lipinski definition) is 5. The lowest BCUT2D eigenvalue weighted by Gasteiger charge is -2.26. The van der Waals surface area contributed by atoms with Crippen LogP contribution in [0.1, 0.15) is 39.9 Å². The van der Waals surface area contributed by atoms with Gasteiger partial charge in [-0.25, -0.2) is 8.42 Å². The number of aryl methyl sites for hydroxylation is 2. The Bertz CT molecular complexity index is 1410. The minimum atomic E-state index is -4.06. The highest BCUT2D eigenvalue weighted by atomic mass is 32.2. The van der Waals surface area contributed by atoms with Gasteiger partial charge in [-0.15, -0.1) is 0 Å². The summed E-state index contributed by atoms with van der Waals surface area (Å²) in [5, 5.41) is 5.61. The maximum Gasteiger partial charge on any atom is 0.264 e. The Morgan fingerprint density at radius 2 is 1.71 bits per heavy atom. The Balaban J connectivity index is 1.59. The topological polar surface area (TPSA) is 105 Å². The number of nitrogens with one attached hydrogen (secondary N) is 2. The molecule has 3 aromatic carbocycles. The smallest absolute Gasteiger partial charge is 0.264 e. The number of para-hydroxylation sites is 1. The number of amides is 2. The van der Waals surface area contributed by atoms with E-state index in [-0.39, 0.29) is 16.9 Å². The zero-order valence-electron chi connectivity index (χ0n) is 21.9. The monoisotopic (exact) mass is 535 g/mol. The molecular formula is C29H33N3O5S. The van der Waals surface area contributed by atoms with E-state index in [9.17, 15) is 18.0 Å². The van der Waals surface area contributed by atoms with Gasteiger partial charge in [0.2, 0.25) is 5.91 Å². The quantitative estimate of drug-likeness (QED) is 0.424. The van der Waals surface area contributed by atoms with Gasteiger partial charge in [-0.2, -0.15) is 0 Å². The van der Waals surface area contributed by atoms with Crippen LogP contribution in [0.5, 0.6) is 0 Å². The summed E-state index contributed by atoms with van der Waals surface area (Å²) in [5.41, 5.74) is 3.59. The van der Waals surface area contributed by atoms with Crippen LogP contribution in [0.3, 0.4) is 0 Å². The standard InChI is InChI=1S/C29H33N3O5S/c1-20-13-15-24(16-14-20)38(35,36)32(27-12-6-8-21(2)22(27)3)19-28(33)31-26-11-5-4-10-25(26)29(34)30-18-23-9-7-17-37-23/h4-6,8,10-16,23H,7,9,17-19H2,1-3H3,(H,30,34)(H,31,33)/t23-/m0/s1. The van der Waals surface area contributed by atoms with Crippen LogP contribution in [0.4, 0.5) is 11.4 Å². The number of carbonyl (C=O) groups excluding carboxylic acids is 2. The summed E-state index contributed by atoms with van der Waals surface area (Å²) in [6.45, 7) is 6.20. The van der Waals surface area contributed by atoms with Crippen molar-refractivity contribution >= 4 is 33.2 Å². The molecule has 2 amide bonds. The minimum absolute atomic E-state index is 0.0150. The molecule has 0 bridgehead atoms. The van der Waals surface area contributed by atoms with Gasteiger partial charge in [0.05, 0.1) is 27.9 Å². The summed E-state index contributed by atoms with van der Waals surface area (Å²) in [6, 6.07) is 18.5. The molecule has 3 aromatic rings. The molecule has 1 aliphatic rings. The molecule has 8 nitrogen and oxygen atoms in total. The van der Waals surface area contributed by atoms with Crippen molar-refractivity contribution in [3.05, 3.63) is 89.0 Å². The summed E-state index contributed by atoms with van der Waals surface area (Å²) in [7, 11) is -4.06. The highest BCUT2D eigenvalue weighted by molar-refractivity contribution is 7.92. The van der Waals surface area contributed by atoms with Crippen molar-refractivity contribution in [3.63, 3.8) is 0 Å². The molecule has 0 spiro atoms. The number of nitrogens with zero attached hydrogens (tertiary/aromatic N) is 1. The Kier molecular flexibility index (Phi) is 8.48. The second-order valence-corrected chi connectivity index (χ2v) is 11.3. The molecular weight excluding hydrogens is 502 g/mol. The lowest BCUT2D eigenvalue weighted by molar-refractivity contribution is -0.114. The molecule has 1 aliphatic heterocycles. The van der Waals surface area contributed by atoms with Crippen LogP contribution in [0.2, 0.25) is 0 Å². The van der Waals surface area contributed by atoms with E-state index in [1.165, 1.54) is 12.1 Å². The second-order valence-electron chi connectivity index (χ2n) is 9.48. The van der Waals surface area contributed by atoms with Gasteiger partial charge in [0.25, 0.3) is 15.9 Å². The maximum atomic E-state index is 13.8. The highest BCUT2D eigenvalue weighted by Crippen LogP contribution is 2.29. The van der Waals surface area contributed by atoms with E-state index in [1.54, 1.807) is 48.5 Å². The van der Waals surface area contributed by atoms with E-state index in [1.807, 2.05) is 26.8 Å². The van der Waals surface area contributed by atoms with Crippen molar-refractivity contribution < 1.29 is 22.7 Å². The molecule has 38 heavy (non-hydrogen) atoms. The molecule has 1 saturated heterocycles. The van der Waals surface area contributed by atoms with Crippen molar-refractivity contribution in [3.8, 4) is 0 Å². The summed E-state index contributed by atoms with van der Waals surface area (Å²) in [6.07, 6.45) is 1.84. The number of hydrogen-bond donors (Lipinski definition) is 2. The number of sulfonamides is 1. The maximum absolute atomic E-state index is 13.8. The molecule has 0 radical (unpaired) electrons. The molecule has 0 aliphatic carbocycles. The average Bonchev–Trinajstić information content (AvgIpc) is 3.42. The van der Waals surface area contributed by atoms with Gasteiger partial charge in [-0.05, 0) is 75.1 Å². The van der Waals surface area contributed by atoms with Crippen molar-refractivity contribution in [2.45, 2.75) is 44.6 Å². The third kappa shape index (κ3) is 6.23. The fourth-order valence-corrected chi connectivity index (χ4v) is 5.84. The van der Waals surface area contributed by atoms with E-state index in [2.05, 4.69) is 10.6 Å². The minimum Gasteiger partial charge on any atom is -0.376 e. The third-order valence-electron chi connectivity index (χ3n) is 6.70. The van der Waals surface area contributed by atoms with Crippen LogP contribution in [0.25, 0.3) is 0 Å². The van der Waals surface area contributed by atoms with Gasteiger partial charge in [0.15, 0.2) is 0 Å². The van der Waals surface area contributed by atoms with Crippen molar-refractivity contribution in [2.75, 3.05) is 29.3 Å². The van der Waals surface area contributed by atoms with Crippen LogP contribution < -0.4 is 14.9 Å². The van der Waals surface area contributed by atoms with Gasteiger partial charge in [-0.1, -0.05) is 42.0 Å². The van der Waals surface area contributed by atoms with Crippen LogP contribution in [0, 0.1) is 20.8 Å². The highest BCUT2D eigenvalue weighted by Gasteiger charge is 2.29. The average molecular weight is 536 g/mol. The first kappa shape index (κ1) is 27.3. The summed E-state index contributed by atoms with van der Waals surface area (Å²) >= 11 is 0. The van der Waals surface area contributed by atoms with Gasteiger partial charge in [-0.3, -0.25) is 13.9 Å². The molecule has 2 N–H and O–H groups in total. The largest absolute Gasteiger partial charge is 0.376 e. The van der Waals surface area contributed by atoms with Crippen LogP contribution >= 0.6 is 0 Å². The van der Waals surface area contributed by atoms with E-state index >= 15 is 0 Å². The predicted molar refractivity (Wildman–Crippen MR) is 148 cm³/mol. The molecule has 1 fully saturated rings. The lowest BCUT2D eigenvalue weighted by atomic mass is 10.1. The predicted octanol–water partition coefficient (Wildman–Crippen LogP) is 4.35. The van der Waals surface area contributed by atoms with Crippen LogP contribution in [-0.2, 0) is 19.6 Å². The van der Waals surface area contributed by atoms with Gasteiger partial charge >= 0.3 is 0 Å². The number of carbonyl (C=O) groups is 2. The normalized spacial score (nSPS) is 15.2. The summed E-state index contributed by atoms with van der Waals surface area (Å²) < 4.78 is 34.2. The first-order chi connectivity index (χ1) is 18.2. The second kappa shape index (κ2) is 11.8. The molecule has 1 heterocycles. The Hall–Kier alpha value is -3.69. The zero-order chi connectivity index (χ0) is 27.3. The van der Waals surface area contributed by atoms with E-state index in [4.69, 9.17) is 4.74 Å². The fraction of sp³-hybridized carbons (Fsp3) is 0.310. The molecule has 9 heteroatoms. The first-order valence-electron chi connectivity index (χ1n) is 12.6. The summed E-state index contributed by atoms with van der Waals surface area (Å²) in [5.74, 6) is -0.906. The Morgan fingerprint density at radius 1 is 0.974 bits per heavy atom. The van der Waals surface area contributed by atoms with E-state index < -0.39 is 22.5 Å². The Morgan fingerprint density at radius 3 is 2.42 bits per heavy atom. The van der Waals surface area contributed by atoms with E-state index in [0.717, 1.165) is 33.8 Å². The molecule has 4 rings (SSSR count). The number of ether oxygens (including phenoxy) is 1. The molecule has 0 aromatic heterocycles. The van der Waals surface area contributed by atoms with Crippen LogP contribution in [0.15, 0.2) is 71.6 Å². The van der Waals surface area contributed by atoms with Crippen molar-refractivity contribution in [2.24, 2.45) is 0 Å². The van der Waals surface area contributed by atoms with E-state index in [0.29, 0.717) is 30.1 Å². The third-order valence-corrected chi connectivity index (χ3v) is 8.47. The SMILES string of the molecule is Cc1ccc(S(=O)(=O)N(CC(=O)Nc2ccccc2C(=O)NC[C@@H]2CCCO2)c2cccc(C)c2C)cc1. The number of anilines is 2. The van der Waals surface area contributed by atoms with Crippen molar-refractivity contribution in [1.82, 2.24) is 5.32 Å². The molecule has 0 unspecified atom stereocenters. The van der Waals surface area contributed by atoms with Crippen LogP contribution in [-0.4, -0.2) is 46.0 Å². The van der Waals surface area contributed by atoms with Crippen molar-refractivity contribution in [1.29, 1.82) is 0 Å². The summed E-state index contributed by atoms with van der Waals surface area (Å²) in [4.78, 5) is 26.3. The number of benzene rings is 3. The fourth-order valence-electron chi connectivity index (χ4n) is 4.36. The van der Waals surface area contributed by atoms with Gasteiger partial charge in [0.1, 0.15) is 6.54 Å². The van der Waals surface area contributed by atoms with Gasteiger partial charge in [0, 0.05) is 13.2 Å². The Labute approximate surface area is 224 Å². The van der Waals surface area contributed by atoms with Gasteiger partial charge < -0.3 is 15.4 Å². The molecule has 0 saturated carbocycles. The molecule has 200 valence electrons. The molecule has 1 atom stereocenters. The lowest BCUT2D eigenvalue weighted by Crippen LogP contribution is -2.39. The zero-order valence-corrected chi connectivity index (χ0v) is 22.7. The first-order valence-corrected chi connectivity index (χ1v) is 14.0.